The number of nitrogens with one attached hydrogen (secondary N) is 1. The highest BCUT2D eigenvalue weighted by Crippen LogP contribution is 2.25. The molecule has 4 heteroatoms. The van der Waals surface area contributed by atoms with Crippen LogP contribution in [-0.4, -0.2) is 22.5 Å². The molecule has 0 saturated heterocycles. The second kappa shape index (κ2) is 3.48. The van der Waals surface area contributed by atoms with Crippen LogP contribution in [0.25, 0.3) is 5.57 Å². The van der Waals surface area contributed by atoms with Crippen LogP contribution < -0.4 is 5.32 Å². The van der Waals surface area contributed by atoms with Crippen molar-refractivity contribution in [2.45, 2.75) is 12.5 Å². The second-order valence-corrected chi connectivity index (χ2v) is 3.89. The largest absolute Gasteiger partial charge is 0.479 e. The van der Waals surface area contributed by atoms with E-state index < -0.39 is 11.5 Å². The number of rotatable bonds is 2. The number of benzene rings is 1. The molecule has 0 saturated carbocycles. The van der Waals surface area contributed by atoms with Crippen LogP contribution >= 0.6 is 0 Å². The maximum atomic E-state index is 11.7. The Morgan fingerprint density at radius 3 is 2.44 bits per heavy atom. The number of carboxylic acids is 1. The van der Waals surface area contributed by atoms with Gasteiger partial charge in [0.1, 0.15) is 0 Å². The highest BCUT2D eigenvalue weighted by atomic mass is 16.4. The summed E-state index contributed by atoms with van der Waals surface area (Å²) in [5.74, 6) is -1.41. The van der Waals surface area contributed by atoms with Gasteiger partial charge in [0.2, 0.25) is 0 Å². The van der Waals surface area contributed by atoms with Crippen LogP contribution in [0.15, 0.2) is 36.4 Å². The first kappa shape index (κ1) is 10.4. The van der Waals surface area contributed by atoms with E-state index in [9.17, 15) is 9.59 Å². The predicted octanol–water partition coefficient (Wildman–Crippen LogP) is 1.04. The number of aliphatic carboxylic acids is 1. The van der Waals surface area contributed by atoms with E-state index >= 15 is 0 Å². The van der Waals surface area contributed by atoms with Crippen LogP contribution in [0.5, 0.6) is 0 Å². The van der Waals surface area contributed by atoms with E-state index in [-0.39, 0.29) is 5.91 Å². The minimum Gasteiger partial charge on any atom is -0.479 e. The average molecular weight is 217 g/mol. The van der Waals surface area contributed by atoms with Gasteiger partial charge in [0.15, 0.2) is 5.54 Å². The van der Waals surface area contributed by atoms with Crippen LogP contribution in [0.3, 0.4) is 0 Å². The summed E-state index contributed by atoms with van der Waals surface area (Å²) in [6, 6.07) is 9.01. The molecule has 1 amide bonds. The summed E-state index contributed by atoms with van der Waals surface area (Å²) in [6.45, 7) is 1.46. The molecule has 2 N–H and O–H groups in total. The van der Waals surface area contributed by atoms with Crippen LogP contribution in [-0.2, 0) is 9.59 Å². The highest BCUT2D eigenvalue weighted by Gasteiger charge is 2.39. The number of hydrogen-bond acceptors (Lipinski definition) is 2. The molecule has 1 aromatic rings. The van der Waals surface area contributed by atoms with Gasteiger partial charge in [0.05, 0.1) is 0 Å². The van der Waals surface area contributed by atoms with Gasteiger partial charge in [-0.15, -0.1) is 0 Å². The lowest BCUT2D eigenvalue weighted by Gasteiger charge is -2.15. The van der Waals surface area contributed by atoms with E-state index in [0.717, 1.165) is 5.56 Å². The summed E-state index contributed by atoms with van der Waals surface area (Å²) in [6.07, 6.45) is 1.45. The smallest absolute Gasteiger partial charge is 0.333 e. The van der Waals surface area contributed by atoms with Crippen molar-refractivity contribution in [3.63, 3.8) is 0 Å². The normalized spacial score (nSPS) is 23.8. The standard InChI is InChI=1S/C12H11NO3/c1-12(11(15)16)7-9(10(14)13-12)8-5-3-2-4-6-8/h2-7H,1H3,(H,13,14)(H,15,16). The second-order valence-electron chi connectivity index (χ2n) is 3.89. The number of carboxylic acid groups (broad SMARTS) is 1. The van der Waals surface area contributed by atoms with E-state index in [1.54, 1.807) is 24.3 Å². The molecule has 0 aliphatic carbocycles. The Morgan fingerprint density at radius 1 is 1.31 bits per heavy atom. The molecule has 0 aromatic heterocycles. The Kier molecular flexibility index (Phi) is 2.27. The number of amides is 1. The lowest BCUT2D eigenvalue weighted by Crippen LogP contribution is -2.46. The third kappa shape index (κ3) is 1.58. The molecule has 1 aromatic carbocycles. The molecule has 1 aliphatic heterocycles. The summed E-state index contributed by atoms with van der Waals surface area (Å²) in [4.78, 5) is 22.6. The molecular formula is C12H11NO3. The third-order valence-electron chi connectivity index (χ3n) is 2.58. The van der Waals surface area contributed by atoms with Crippen LogP contribution in [0.4, 0.5) is 0 Å². The molecule has 0 bridgehead atoms. The fourth-order valence-electron chi connectivity index (χ4n) is 1.64. The molecule has 1 aliphatic rings. The topological polar surface area (TPSA) is 66.4 Å². The van der Waals surface area contributed by atoms with Gasteiger partial charge in [-0.1, -0.05) is 30.3 Å². The molecule has 4 nitrogen and oxygen atoms in total. The van der Waals surface area contributed by atoms with Gasteiger partial charge in [-0.3, -0.25) is 4.79 Å². The molecule has 2 rings (SSSR count). The molecule has 0 spiro atoms. The van der Waals surface area contributed by atoms with E-state index in [0.29, 0.717) is 5.57 Å². The fourth-order valence-corrected chi connectivity index (χ4v) is 1.64. The van der Waals surface area contributed by atoms with Gasteiger partial charge in [0, 0.05) is 5.57 Å². The monoisotopic (exact) mass is 217 g/mol. The first-order valence-corrected chi connectivity index (χ1v) is 4.87. The minimum atomic E-state index is -1.30. The Balaban J connectivity index is 2.44. The first-order valence-electron chi connectivity index (χ1n) is 4.87. The van der Waals surface area contributed by atoms with Crippen molar-refractivity contribution in [1.82, 2.24) is 5.32 Å². The molecule has 0 fully saturated rings. The van der Waals surface area contributed by atoms with Gasteiger partial charge < -0.3 is 10.4 Å². The van der Waals surface area contributed by atoms with Crippen molar-refractivity contribution in [1.29, 1.82) is 0 Å². The van der Waals surface area contributed by atoms with E-state index in [4.69, 9.17) is 5.11 Å². The highest BCUT2D eigenvalue weighted by molar-refractivity contribution is 6.24. The van der Waals surface area contributed by atoms with Crippen molar-refractivity contribution >= 4 is 17.4 Å². The molecule has 1 unspecified atom stereocenters. The van der Waals surface area contributed by atoms with E-state index in [1.165, 1.54) is 13.0 Å². The maximum absolute atomic E-state index is 11.7. The van der Waals surface area contributed by atoms with Crippen LogP contribution in [0, 0.1) is 0 Å². The van der Waals surface area contributed by atoms with Crippen LogP contribution in [0.1, 0.15) is 12.5 Å². The zero-order valence-corrected chi connectivity index (χ0v) is 8.73. The average Bonchev–Trinajstić information content (AvgIpc) is 2.57. The number of carbonyl (C=O) groups excluding carboxylic acids is 1. The van der Waals surface area contributed by atoms with Crippen LogP contribution in [0.2, 0.25) is 0 Å². The minimum absolute atomic E-state index is 0.351. The fraction of sp³-hybridized carbons (Fsp3) is 0.167. The van der Waals surface area contributed by atoms with E-state index in [1.807, 2.05) is 6.07 Å². The zero-order chi connectivity index (χ0) is 11.8. The van der Waals surface area contributed by atoms with Gasteiger partial charge in [0.25, 0.3) is 5.91 Å². The van der Waals surface area contributed by atoms with Gasteiger partial charge in [-0.05, 0) is 18.6 Å². The third-order valence-corrected chi connectivity index (χ3v) is 2.58. The Labute approximate surface area is 92.6 Å². The summed E-state index contributed by atoms with van der Waals surface area (Å²) in [5.41, 5.74) is -0.169. The van der Waals surface area contributed by atoms with Gasteiger partial charge in [-0.25, -0.2) is 4.79 Å². The summed E-state index contributed by atoms with van der Waals surface area (Å²) < 4.78 is 0. The van der Waals surface area contributed by atoms with Crippen molar-refractivity contribution in [2.75, 3.05) is 0 Å². The van der Waals surface area contributed by atoms with Crippen molar-refractivity contribution in [2.24, 2.45) is 0 Å². The summed E-state index contributed by atoms with van der Waals surface area (Å²) in [7, 11) is 0. The predicted molar refractivity (Wildman–Crippen MR) is 58.6 cm³/mol. The maximum Gasteiger partial charge on any atom is 0.333 e. The molecule has 1 atom stereocenters. The van der Waals surface area contributed by atoms with Crippen molar-refractivity contribution in [3.8, 4) is 0 Å². The Hall–Kier alpha value is -2.10. The molecule has 82 valence electrons. The first-order chi connectivity index (χ1) is 7.53. The lowest BCUT2D eigenvalue weighted by molar-refractivity contribution is -0.143. The molecule has 0 radical (unpaired) electrons. The quantitative estimate of drug-likeness (QED) is 0.777. The Morgan fingerprint density at radius 2 is 1.94 bits per heavy atom. The lowest BCUT2D eigenvalue weighted by atomic mass is 10.0. The number of carbonyl (C=O) groups is 2. The van der Waals surface area contributed by atoms with E-state index in [2.05, 4.69) is 5.32 Å². The summed E-state index contributed by atoms with van der Waals surface area (Å²) in [5, 5.41) is 11.4. The number of hydrogen-bond donors (Lipinski definition) is 2. The SMILES string of the molecule is CC1(C(=O)O)C=C(c2ccccc2)C(=O)N1. The molecule has 1 heterocycles. The van der Waals surface area contributed by atoms with Gasteiger partial charge >= 0.3 is 5.97 Å². The zero-order valence-electron chi connectivity index (χ0n) is 8.73. The Bertz CT molecular complexity index is 478. The molecule has 16 heavy (non-hydrogen) atoms. The summed E-state index contributed by atoms with van der Waals surface area (Å²) >= 11 is 0. The molecular weight excluding hydrogens is 206 g/mol. The van der Waals surface area contributed by atoms with Crippen molar-refractivity contribution in [3.05, 3.63) is 42.0 Å². The van der Waals surface area contributed by atoms with Gasteiger partial charge in [-0.2, -0.15) is 0 Å². The van der Waals surface area contributed by atoms with Crippen molar-refractivity contribution < 1.29 is 14.7 Å².